The summed E-state index contributed by atoms with van der Waals surface area (Å²) in [4.78, 5) is 36.3. The number of carbonyl (C=O) groups excluding carboxylic acids is 2. The molecule has 0 aromatic rings. The first-order valence-corrected chi connectivity index (χ1v) is 7.40. The summed E-state index contributed by atoms with van der Waals surface area (Å²) < 4.78 is 0. The lowest BCUT2D eigenvalue weighted by molar-refractivity contribution is -0.142. The van der Waals surface area contributed by atoms with Crippen LogP contribution in [0.4, 0.5) is 0 Å². The molecule has 2 fully saturated rings. The monoisotopic (exact) mass is 282 g/mol. The van der Waals surface area contributed by atoms with Crippen LogP contribution in [0.2, 0.25) is 0 Å². The van der Waals surface area contributed by atoms with E-state index >= 15 is 0 Å². The van der Waals surface area contributed by atoms with Gasteiger partial charge < -0.3 is 10.4 Å². The molecule has 1 aliphatic carbocycles. The highest BCUT2D eigenvalue weighted by Crippen LogP contribution is 2.26. The van der Waals surface area contributed by atoms with Crippen LogP contribution in [0, 0.1) is 0 Å². The predicted octanol–water partition coefficient (Wildman–Crippen LogP) is 0.901. The minimum absolute atomic E-state index is 0.0403. The second-order valence-electron chi connectivity index (χ2n) is 5.60. The Labute approximate surface area is 118 Å². The summed E-state index contributed by atoms with van der Waals surface area (Å²) in [5.74, 6) is -1.20. The van der Waals surface area contributed by atoms with Gasteiger partial charge >= 0.3 is 5.97 Å². The van der Waals surface area contributed by atoms with Crippen LogP contribution in [-0.2, 0) is 14.4 Å². The van der Waals surface area contributed by atoms with E-state index in [0.717, 1.165) is 25.7 Å². The van der Waals surface area contributed by atoms with E-state index in [-0.39, 0.29) is 37.2 Å². The third kappa shape index (κ3) is 3.56. The number of carbonyl (C=O) groups is 3. The van der Waals surface area contributed by atoms with E-state index in [0.29, 0.717) is 0 Å². The smallest absolute Gasteiger partial charge is 0.304 e. The predicted molar refractivity (Wildman–Crippen MR) is 72.0 cm³/mol. The van der Waals surface area contributed by atoms with E-state index in [9.17, 15) is 14.4 Å². The van der Waals surface area contributed by atoms with Gasteiger partial charge in [-0.2, -0.15) is 0 Å². The Morgan fingerprint density at radius 2 is 1.85 bits per heavy atom. The number of nitrogens with zero attached hydrogens (tertiary/aromatic N) is 1. The van der Waals surface area contributed by atoms with E-state index < -0.39 is 12.0 Å². The number of carboxylic acid groups (broad SMARTS) is 1. The molecule has 2 amide bonds. The number of rotatable bonds is 5. The zero-order chi connectivity index (χ0) is 14.5. The molecule has 0 aromatic heterocycles. The quantitative estimate of drug-likeness (QED) is 0.578. The molecule has 1 unspecified atom stereocenters. The Morgan fingerprint density at radius 3 is 2.45 bits per heavy atom. The molecule has 0 aromatic carbocycles. The molecule has 2 aliphatic rings. The summed E-state index contributed by atoms with van der Waals surface area (Å²) in [6, 6.07) is -0.492. The van der Waals surface area contributed by atoms with Crippen LogP contribution in [-0.4, -0.2) is 46.4 Å². The number of hydrogen-bond acceptors (Lipinski definition) is 4. The minimum atomic E-state index is -0.908. The zero-order valence-corrected chi connectivity index (χ0v) is 11.6. The molecular weight excluding hydrogens is 260 g/mol. The van der Waals surface area contributed by atoms with Crippen molar-refractivity contribution in [3.63, 3.8) is 0 Å². The second-order valence-corrected chi connectivity index (χ2v) is 5.60. The van der Waals surface area contributed by atoms with Crippen LogP contribution >= 0.6 is 0 Å². The van der Waals surface area contributed by atoms with Gasteiger partial charge in [-0.15, -0.1) is 0 Å². The summed E-state index contributed by atoms with van der Waals surface area (Å²) >= 11 is 0. The van der Waals surface area contributed by atoms with E-state index in [4.69, 9.17) is 5.11 Å². The van der Waals surface area contributed by atoms with Crippen LogP contribution in [0.25, 0.3) is 0 Å². The molecule has 0 spiro atoms. The molecule has 1 heterocycles. The third-order valence-electron chi connectivity index (χ3n) is 4.10. The highest BCUT2D eigenvalue weighted by Gasteiger charge is 2.41. The number of amides is 2. The number of likely N-dealkylation sites (tertiary alicyclic amines) is 1. The molecule has 1 atom stereocenters. The maximum atomic E-state index is 12.3. The van der Waals surface area contributed by atoms with E-state index in [2.05, 4.69) is 5.32 Å². The molecule has 20 heavy (non-hydrogen) atoms. The molecule has 2 N–H and O–H groups in total. The fraction of sp³-hybridized carbons (Fsp3) is 0.786. The SMILES string of the molecule is O=C(O)CCNC1CC(=O)N(C2CCCCCC2)C1=O. The number of carboxylic acids is 1. The van der Waals surface area contributed by atoms with Gasteiger partial charge in [0, 0.05) is 12.6 Å². The van der Waals surface area contributed by atoms with Gasteiger partial charge in [-0.1, -0.05) is 25.7 Å². The standard InChI is InChI=1S/C14H22N2O4/c17-12-9-11(15-8-7-13(18)19)14(20)16(12)10-5-3-1-2-4-6-10/h10-11,15H,1-9H2,(H,18,19). The fourth-order valence-electron chi connectivity index (χ4n) is 3.06. The second kappa shape index (κ2) is 6.83. The van der Waals surface area contributed by atoms with Gasteiger partial charge in [0.2, 0.25) is 11.8 Å². The Kier molecular flexibility index (Phi) is 5.11. The molecule has 6 nitrogen and oxygen atoms in total. The molecule has 1 saturated heterocycles. The molecule has 1 saturated carbocycles. The van der Waals surface area contributed by atoms with Crippen LogP contribution < -0.4 is 5.32 Å². The summed E-state index contributed by atoms with van der Waals surface area (Å²) in [6.45, 7) is 0.220. The highest BCUT2D eigenvalue weighted by atomic mass is 16.4. The van der Waals surface area contributed by atoms with Crippen molar-refractivity contribution in [1.82, 2.24) is 10.2 Å². The Morgan fingerprint density at radius 1 is 1.20 bits per heavy atom. The highest BCUT2D eigenvalue weighted by molar-refractivity contribution is 6.05. The van der Waals surface area contributed by atoms with Gasteiger partial charge in [0.25, 0.3) is 0 Å². The Bertz CT molecular complexity index is 389. The molecule has 112 valence electrons. The van der Waals surface area contributed by atoms with E-state index in [1.54, 1.807) is 0 Å². The molecule has 0 bridgehead atoms. The van der Waals surface area contributed by atoms with Crippen LogP contribution in [0.1, 0.15) is 51.4 Å². The number of hydrogen-bond donors (Lipinski definition) is 2. The lowest BCUT2D eigenvalue weighted by atomic mass is 10.1. The maximum absolute atomic E-state index is 12.3. The van der Waals surface area contributed by atoms with Crippen molar-refractivity contribution in [3.05, 3.63) is 0 Å². The largest absolute Gasteiger partial charge is 0.481 e. The van der Waals surface area contributed by atoms with Crippen molar-refractivity contribution in [2.45, 2.75) is 63.5 Å². The maximum Gasteiger partial charge on any atom is 0.304 e. The van der Waals surface area contributed by atoms with Crippen LogP contribution in [0.5, 0.6) is 0 Å². The van der Waals surface area contributed by atoms with Crippen molar-refractivity contribution < 1.29 is 19.5 Å². The Hall–Kier alpha value is -1.43. The summed E-state index contributed by atoms with van der Waals surface area (Å²) in [5, 5.41) is 11.5. The van der Waals surface area contributed by atoms with Gasteiger partial charge in [-0.05, 0) is 12.8 Å². The van der Waals surface area contributed by atoms with Gasteiger partial charge in [-0.25, -0.2) is 0 Å². The third-order valence-corrected chi connectivity index (χ3v) is 4.10. The molecule has 6 heteroatoms. The first kappa shape index (κ1) is 15.0. The van der Waals surface area contributed by atoms with Crippen molar-refractivity contribution in [1.29, 1.82) is 0 Å². The molecule has 2 rings (SSSR count). The fourth-order valence-corrected chi connectivity index (χ4v) is 3.06. The molecular formula is C14H22N2O4. The number of nitrogens with one attached hydrogen (secondary N) is 1. The van der Waals surface area contributed by atoms with Crippen LogP contribution in [0.15, 0.2) is 0 Å². The molecule has 0 radical (unpaired) electrons. The van der Waals surface area contributed by atoms with Crippen molar-refractivity contribution in [2.75, 3.05) is 6.54 Å². The van der Waals surface area contributed by atoms with Crippen molar-refractivity contribution in [3.8, 4) is 0 Å². The first-order chi connectivity index (χ1) is 9.59. The first-order valence-electron chi connectivity index (χ1n) is 7.40. The van der Waals surface area contributed by atoms with E-state index in [1.165, 1.54) is 17.7 Å². The minimum Gasteiger partial charge on any atom is -0.481 e. The summed E-state index contributed by atoms with van der Waals surface area (Å²) in [5.41, 5.74) is 0. The van der Waals surface area contributed by atoms with E-state index in [1.807, 2.05) is 0 Å². The van der Waals surface area contributed by atoms with Gasteiger partial charge in [-0.3, -0.25) is 19.3 Å². The van der Waals surface area contributed by atoms with Gasteiger partial charge in [0.1, 0.15) is 0 Å². The van der Waals surface area contributed by atoms with Crippen molar-refractivity contribution in [2.24, 2.45) is 0 Å². The van der Waals surface area contributed by atoms with Crippen LogP contribution in [0.3, 0.4) is 0 Å². The number of aliphatic carboxylic acids is 1. The lowest BCUT2D eigenvalue weighted by Gasteiger charge is -2.25. The summed E-state index contributed by atoms with van der Waals surface area (Å²) in [6.07, 6.45) is 6.41. The van der Waals surface area contributed by atoms with Gasteiger partial charge in [0.15, 0.2) is 0 Å². The van der Waals surface area contributed by atoms with Crippen molar-refractivity contribution >= 4 is 17.8 Å². The topological polar surface area (TPSA) is 86.7 Å². The molecule has 1 aliphatic heterocycles. The normalized spacial score (nSPS) is 25.0. The van der Waals surface area contributed by atoms with Gasteiger partial charge in [0.05, 0.1) is 18.9 Å². The number of imide groups is 1. The average molecular weight is 282 g/mol. The zero-order valence-electron chi connectivity index (χ0n) is 11.6. The summed E-state index contributed by atoms with van der Waals surface area (Å²) in [7, 11) is 0. The lowest BCUT2D eigenvalue weighted by Crippen LogP contribution is -2.44. The Balaban J connectivity index is 1.92. The average Bonchev–Trinajstić information content (AvgIpc) is 2.60.